The van der Waals surface area contributed by atoms with Crippen molar-refractivity contribution in [1.82, 2.24) is 4.57 Å². The summed E-state index contributed by atoms with van der Waals surface area (Å²) < 4.78 is 14.9. The summed E-state index contributed by atoms with van der Waals surface area (Å²) in [6.07, 6.45) is 1.69. The number of halogens is 1. The van der Waals surface area contributed by atoms with E-state index in [1.54, 1.807) is 35.0 Å². The largest absolute Gasteiger partial charge is 0.390 e. The maximum absolute atomic E-state index is 13.3. The first kappa shape index (κ1) is 12.3. The lowest BCUT2D eigenvalue weighted by Crippen LogP contribution is -2.20. The Morgan fingerprint density at radius 3 is 2.78 bits per heavy atom. The van der Waals surface area contributed by atoms with E-state index >= 15 is 0 Å². The number of aromatic nitrogens is 1. The van der Waals surface area contributed by atoms with Gasteiger partial charge in [0.25, 0.3) is 0 Å². The van der Waals surface area contributed by atoms with Gasteiger partial charge in [0.05, 0.1) is 12.3 Å². The average Bonchev–Trinajstić information content (AvgIpc) is 2.79. The molecule has 2 N–H and O–H groups in total. The SMILES string of the molecule is O=C(Cn1cccc1CO)Nc1ccccc1F. The summed E-state index contributed by atoms with van der Waals surface area (Å²) >= 11 is 0. The van der Waals surface area contributed by atoms with E-state index in [4.69, 9.17) is 5.11 Å². The Kier molecular flexibility index (Phi) is 3.74. The van der Waals surface area contributed by atoms with E-state index in [1.807, 2.05) is 0 Å². The standard InChI is InChI=1S/C13H13FN2O2/c14-11-5-1-2-6-12(11)15-13(18)8-16-7-3-4-10(16)9-17/h1-7,17H,8-9H2,(H,15,18). The zero-order valence-corrected chi connectivity index (χ0v) is 9.64. The molecule has 2 aromatic rings. The molecule has 0 aliphatic carbocycles. The van der Waals surface area contributed by atoms with Crippen molar-refractivity contribution >= 4 is 11.6 Å². The third-order valence-corrected chi connectivity index (χ3v) is 2.55. The van der Waals surface area contributed by atoms with Crippen LogP contribution in [0.2, 0.25) is 0 Å². The Morgan fingerprint density at radius 2 is 2.06 bits per heavy atom. The number of hydrogen-bond donors (Lipinski definition) is 2. The Bertz CT molecular complexity index is 551. The van der Waals surface area contributed by atoms with Crippen molar-refractivity contribution in [3.63, 3.8) is 0 Å². The Hall–Kier alpha value is -2.14. The minimum Gasteiger partial charge on any atom is -0.390 e. The summed E-state index contributed by atoms with van der Waals surface area (Å²) in [6.45, 7) is -0.1000. The van der Waals surface area contributed by atoms with Crippen LogP contribution in [-0.4, -0.2) is 15.6 Å². The molecule has 1 amide bonds. The molecule has 0 fully saturated rings. The lowest BCUT2D eigenvalue weighted by atomic mass is 10.3. The highest BCUT2D eigenvalue weighted by Crippen LogP contribution is 2.12. The van der Waals surface area contributed by atoms with Crippen LogP contribution in [0.1, 0.15) is 5.69 Å². The number of carbonyl (C=O) groups is 1. The zero-order valence-electron chi connectivity index (χ0n) is 9.64. The first-order chi connectivity index (χ1) is 8.70. The summed E-state index contributed by atoms with van der Waals surface area (Å²) in [7, 11) is 0. The maximum atomic E-state index is 13.3. The van der Waals surface area contributed by atoms with Gasteiger partial charge in [-0.1, -0.05) is 12.1 Å². The van der Waals surface area contributed by atoms with Gasteiger partial charge >= 0.3 is 0 Å². The van der Waals surface area contributed by atoms with Crippen LogP contribution >= 0.6 is 0 Å². The zero-order chi connectivity index (χ0) is 13.0. The highest BCUT2D eigenvalue weighted by atomic mass is 19.1. The van der Waals surface area contributed by atoms with E-state index in [0.29, 0.717) is 5.69 Å². The average molecular weight is 248 g/mol. The lowest BCUT2D eigenvalue weighted by molar-refractivity contribution is -0.116. The fraction of sp³-hybridized carbons (Fsp3) is 0.154. The molecule has 0 bridgehead atoms. The third-order valence-electron chi connectivity index (χ3n) is 2.55. The first-order valence-electron chi connectivity index (χ1n) is 5.50. The molecule has 0 saturated heterocycles. The number of nitrogens with zero attached hydrogens (tertiary/aromatic N) is 1. The smallest absolute Gasteiger partial charge is 0.244 e. The summed E-state index contributed by atoms with van der Waals surface area (Å²) in [4.78, 5) is 11.7. The summed E-state index contributed by atoms with van der Waals surface area (Å²) in [5.74, 6) is -0.813. The van der Waals surface area contributed by atoms with E-state index in [9.17, 15) is 9.18 Å². The van der Waals surface area contributed by atoms with E-state index in [1.165, 1.54) is 12.1 Å². The second kappa shape index (κ2) is 5.46. The maximum Gasteiger partial charge on any atom is 0.244 e. The number of hydrogen-bond acceptors (Lipinski definition) is 2. The number of benzene rings is 1. The molecular formula is C13H13FN2O2. The Morgan fingerprint density at radius 1 is 1.28 bits per heavy atom. The summed E-state index contributed by atoms with van der Waals surface area (Å²) in [5, 5.41) is 11.5. The van der Waals surface area contributed by atoms with Gasteiger partial charge in [-0.3, -0.25) is 4.79 Å². The number of aliphatic hydroxyl groups excluding tert-OH is 1. The van der Waals surface area contributed by atoms with Crippen molar-refractivity contribution in [3.05, 3.63) is 54.1 Å². The van der Waals surface area contributed by atoms with Gasteiger partial charge < -0.3 is 15.0 Å². The molecule has 0 saturated carbocycles. The highest BCUT2D eigenvalue weighted by molar-refractivity contribution is 5.90. The molecule has 0 spiro atoms. The van der Waals surface area contributed by atoms with E-state index < -0.39 is 5.82 Å². The quantitative estimate of drug-likeness (QED) is 0.866. The second-order valence-electron chi connectivity index (χ2n) is 3.81. The van der Waals surface area contributed by atoms with Crippen LogP contribution in [-0.2, 0) is 17.9 Å². The van der Waals surface area contributed by atoms with Crippen LogP contribution in [0.25, 0.3) is 0 Å². The molecule has 0 unspecified atom stereocenters. The Balaban J connectivity index is 2.04. The summed E-state index contributed by atoms with van der Waals surface area (Å²) in [6, 6.07) is 9.44. The first-order valence-corrected chi connectivity index (χ1v) is 5.50. The van der Waals surface area contributed by atoms with Crippen molar-refractivity contribution < 1.29 is 14.3 Å². The number of aliphatic hydroxyl groups is 1. The molecule has 5 heteroatoms. The predicted molar refractivity (Wildman–Crippen MR) is 65.4 cm³/mol. The molecule has 1 aromatic heterocycles. The summed E-state index contributed by atoms with van der Waals surface area (Å²) in [5.41, 5.74) is 0.791. The minimum absolute atomic E-state index is 0.0389. The van der Waals surface area contributed by atoms with Gasteiger partial charge in [0, 0.05) is 11.9 Å². The van der Waals surface area contributed by atoms with Crippen LogP contribution in [0.5, 0.6) is 0 Å². The number of carbonyl (C=O) groups excluding carboxylic acids is 1. The molecule has 0 aliphatic rings. The van der Waals surface area contributed by atoms with Crippen LogP contribution in [0.4, 0.5) is 10.1 Å². The second-order valence-corrected chi connectivity index (χ2v) is 3.81. The van der Waals surface area contributed by atoms with Gasteiger partial charge in [0.1, 0.15) is 12.4 Å². The molecule has 1 heterocycles. The normalized spacial score (nSPS) is 10.3. The fourth-order valence-electron chi connectivity index (χ4n) is 1.65. The molecule has 0 atom stereocenters. The van der Waals surface area contributed by atoms with Crippen molar-refractivity contribution in [2.24, 2.45) is 0 Å². The van der Waals surface area contributed by atoms with Crippen LogP contribution < -0.4 is 5.32 Å². The fourth-order valence-corrected chi connectivity index (χ4v) is 1.65. The van der Waals surface area contributed by atoms with Gasteiger partial charge in [-0.25, -0.2) is 4.39 Å². The molecule has 94 valence electrons. The molecule has 2 rings (SSSR count). The van der Waals surface area contributed by atoms with Gasteiger partial charge in [0.15, 0.2) is 0 Å². The van der Waals surface area contributed by atoms with E-state index in [0.717, 1.165) is 0 Å². The van der Waals surface area contributed by atoms with Gasteiger partial charge in [0.2, 0.25) is 5.91 Å². The number of amides is 1. The molecule has 1 aromatic carbocycles. The highest BCUT2D eigenvalue weighted by Gasteiger charge is 2.08. The molecule has 4 nitrogen and oxygen atoms in total. The topological polar surface area (TPSA) is 54.3 Å². The molecule has 18 heavy (non-hydrogen) atoms. The third kappa shape index (κ3) is 2.75. The number of para-hydroxylation sites is 1. The number of rotatable bonds is 4. The van der Waals surface area contributed by atoms with Crippen molar-refractivity contribution in [2.75, 3.05) is 5.32 Å². The van der Waals surface area contributed by atoms with Gasteiger partial charge in [-0.2, -0.15) is 0 Å². The van der Waals surface area contributed by atoms with Crippen molar-refractivity contribution in [3.8, 4) is 0 Å². The molecule has 0 aliphatic heterocycles. The van der Waals surface area contributed by atoms with E-state index in [-0.39, 0.29) is 24.7 Å². The number of anilines is 1. The predicted octanol–water partition coefficient (Wildman–Crippen LogP) is 1.76. The Labute approximate surface area is 104 Å². The number of nitrogens with one attached hydrogen (secondary N) is 1. The minimum atomic E-state index is -0.472. The van der Waals surface area contributed by atoms with Crippen molar-refractivity contribution in [2.45, 2.75) is 13.2 Å². The lowest BCUT2D eigenvalue weighted by Gasteiger charge is -2.09. The van der Waals surface area contributed by atoms with Gasteiger partial charge in [-0.05, 0) is 24.3 Å². The van der Waals surface area contributed by atoms with Gasteiger partial charge in [-0.15, -0.1) is 0 Å². The molecule has 0 radical (unpaired) electrons. The van der Waals surface area contributed by atoms with E-state index in [2.05, 4.69) is 5.32 Å². The monoisotopic (exact) mass is 248 g/mol. The van der Waals surface area contributed by atoms with Crippen LogP contribution in [0.3, 0.4) is 0 Å². The van der Waals surface area contributed by atoms with Crippen molar-refractivity contribution in [1.29, 1.82) is 0 Å². The molecular weight excluding hydrogens is 235 g/mol. The van der Waals surface area contributed by atoms with Crippen LogP contribution in [0, 0.1) is 5.82 Å². The van der Waals surface area contributed by atoms with Crippen LogP contribution in [0.15, 0.2) is 42.6 Å².